The number of aliphatic carboxylic acids is 1. The van der Waals surface area contributed by atoms with Crippen LogP contribution in [0.2, 0.25) is 0 Å². The third kappa shape index (κ3) is 4.10. The third-order valence-corrected chi connectivity index (χ3v) is 2.86. The summed E-state index contributed by atoms with van der Waals surface area (Å²) in [5.41, 5.74) is 4.24. The molecule has 0 aromatic heterocycles. The van der Waals surface area contributed by atoms with Gasteiger partial charge in [-0.05, 0) is 11.1 Å². The van der Waals surface area contributed by atoms with E-state index in [2.05, 4.69) is 0 Å². The number of benzene rings is 1. The van der Waals surface area contributed by atoms with E-state index in [4.69, 9.17) is 10.8 Å². The number of nitrogens with two attached hydrogens (primary N) is 1. The van der Waals surface area contributed by atoms with Crippen molar-refractivity contribution >= 4 is 5.97 Å². The molecule has 1 rings (SSSR count). The summed E-state index contributed by atoms with van der Waals surface area (Å²) < 4.78 is 75.1. The molecule has 0 saturated carbocycles. The molecule has 3 N–H and O–H groups in total. The van der Waals surface area contributed by atoms with E-state index in [1.807, 2.05) is 0 Å². The molecular formula is C12H11F6NO2. The van der Waals surface area contributed by atoms with Gasteiger partial charge >= 0.3 is 18.3 Å². The first kappa shape index (κ1) is 17.3. The molecule has 0 saturated heterocycles. The molecule has 0 heterocycles. The largest absolute Gasteiger partial charge is 0.481 e. The summed E-state index contributed by atoms with van der Waals surface area (Å²) in [6, 6.07) is 3.05. The standard InChI is InChI=1S/C12H11F6NO2/c13-11(14,15)9(12(16,17)18)7-3-1-6(2-4-7)8(5-19)10(20)21/h1-4,8-9H,5,19H2,(H,20,21). The third-order valence-electron chi connectivity index (χ3n) is 2.86. The van der Waals surface area contributed by atoms with Crippen LogP contribution in [0.5, 0.6) is 0 Å². The van der Waals surface area contributed by atoms with Crippen molar-refractivity contribution in [2.24, 2.45) is 5.73 Å². The van der Waals surface area contributed by atoms with Gasteiger partial charge in [0.05, 0.1) is 5.92 Å². The topological polar surface area (TPSA) is 63.3 Å². The number of carbonyl (C=O) groups is 1. The molecule has 21 heavy (non-hydrogen) atoms. The molecule has 0 amide bonds. The van der Waals surface area contributed by atoms with E-state index in [-0.39, 0.29) is 12.1 Å². The molecule has 0 aliphatic carbocycles. The van der Waals surface area contributed by atoms with Gasteiger partial charge in [-0.15, -0.1) is 0 Å². The van der Waals surface area contributed by atoms with Gasteiger partial charge in [0.25, 0.3) is 0 Å². The molecule has 1 aromatic carbocycles. The van der Waals surface area contributed by atoms with Crippen LogP contribution in [0.4, 0.5) is 26.3 Å². The number of hydrogen-bond donors (Lipinski definition) is 2. The Morgan fingerprint density at radius 3 is 1.67 bits per heavy atom. The van der Waals surface area contributed by atoms with Gasteiger partial charge in [0.1, 0.15) is 0 Å². The van der Waals surface area contributed by atoms with Gasteiger partial charge in [0.15, 0.2) is 5.92 Å². The zero-order chi connectivity index (χ0) is 16.4. The first-order chi connectivity index (χ1) is 9.48. The summed E-state index contributed by atoms with van der Waals surface area (Å²) in [5, 5.41) is 8.82. The van der Waals surface area contributed by atoms with Crippen molar-refractivity contribution in [2.45, 2.75) is 24.2 Å². The lowest BCUT2D eigenvalue weighted by molar-refractivity contribution is -0.253. The maximum Gasteiger partial charge on any atom is 0.404 e. The Kier molecular flexibility index (Phi) is 4.87. The normalized spacial score (nSPS) is 14.3. The van der Waals surface area contributed by atoms with Crippen molar-refractivity contribution in [3.63, 3.8) is 0 Å². The monoisotopic (exact) mass is 315 g/mol. The molecular weight excluding hydrogens is 304 g/mol. The number of alkyl halides is 6. The first-order valence-electron chi connectivity index (χ1n) is 5.64. The van der Waals surface area contributed by atoms with Crippen LogP contribution in [0.15, 0.2) is 24.3 Å². The van der Waals surface area contributed by atoms with E-state index in [9.17, 15) is 31.1 Å². The van der Waals surface area contributed by atoms with E-state index < -0.39 is 35.7 Å². The zero-order valence-corrected chi connectivity index (χ0v) is 10.4. The second-order valence-corrected chi connectivity index (χ2v) is 4.31. The van der Waals surface area contributed by atoms with Crippen molar-refractivity contribution < 1.29 is 36.2 Å². The second kappa shape index (κ2) is 5.92. The molecule has 0 spiro atoms. The average molecular weight is 315 g/mol. The number of carboxylic acid groups (broad SMARTS) is 1. The van der Waals surface area contributed by atoms with E-state index in [1.165, 1.54) is 0 Å². The molecule has 0 aliphatic rings. The fraction of sp³-hybridized carbons (Fsp3) is 0.417. The molecule has 3 nitrogen and oxygen atoms in total. The summed E-state index contributed by atoms with van der Waals surface area (Å²) in [4.78, 5) is 10.8. The lowest BCUT2D eigenvalue weighted by Crippen LogP contribution is -2.34. The van der Waals surface area contributed by atoms with Crippen LogP contribution in [-0.2, 0) is 4.79 Å². The molecule has 0 aliphatic heterocycles. The van der Waals surface area contributed by atoms with Crippen molar-refractivity contribution in [3.05, 3.63) is 35.4 Å². The van der Waals surface area contributed by atoms with E-state index in [0.717, 1.165) is 12.1 Å². The highest BCUT2D eigenvalue weighted by atomic mass is 19.4. The Morgan fingerprint density at radius 2 is 1.38 bits per heavy atom. The second-order valence-electron chi connectivity index (χ2n) is 4.31. The first-order valence-corrected chi connectivity index (χ1v) is 5.64. The maximum atomic E-state index is 12.5. The smallest absolute Gasteiger partial charge is 0.404 e. The quantitative estimate of drug-likeness (QED) is 0.840. The molecule has 0 fully saturated rings. The van der Waals surface area contributed by atoms with Gasteiger partial charge in [-0.2, -0.15) is 26.3 Å². The average Bonchev–Trinajstić information content (AvgIpc) is 2.28. The molecule has 1 unspecified atom stereocenters. The molecule has 1 aromatic rings. The van der Waals surface area contributed by atoms with Crippen LogP contribution < -0.4 is 5.73 Å². The van der Waals surface area contributed by atoms with E-state index in [0.29, 0.717) is 12.1 Å². The minimum atomic E-state index is -5.49. The lowest BCUT2D eigenvalue weighted by Gasteiger charge is -2.23. The van der Waals surface area contributed by atoms with Gasteiger partial charge in [-0.25, -0.2) is 0 Å². The van der Waals surface area contributed by atoms with Crippen LogP contribution in [0.25, 0.3) is 0 Å². The Balaban J connectivity index is 3.18. The lowest BCUT2D eigenvalue weighted by atomic mass is 9.93. The van der Waals surface area contributed by atoms with Crippen molar-refractivity contribution in [2.75, 3.05) is 6.54 Å². The molecule has 0 radical (unpaired) electrons. The van der Waals surface area contributed by atoms with Crippen molar-refractivity contribution in [3.8, 4) is 0 Å². The molecule has 0 bridgehead atoms. The number of halogens is 6. The Labute approximate surface area is 115 Å². The summed E-state index contributed by atoms with van der Waals surface area (Å²) in [5.74, 6) is -6.11. The molecule has 1 atom stereocenters. The highest BCUT2D eigenvalue weighted by Gasteiger charge is 2.57. The Hall–Kier alpha value is -1.77. The van der Waals surface area contributed by atoms with Crippen LogP contribution in [0, 0.1) is 0 Å². The van der Waals surface area contributed by atoms with Crippen molar-refractivity contribution in [1.82, 2.24) is 0 Å². The van der Waals surface area contributed by atoms with Crippen LogP contribution in [0.1, 0.15) is 23.0 Å². The van der Waals surface area contributed by atoms with Gasteiger partial charge in [-0.1, -0.05) is 24.3 Å². The summed E-state index contributed by atoms with van der Waals surface area (Å²) in [6.07, 6.45) is -11.0. The maximum absolute atomic E-state index is 12.5. The van der Waals surface area contributed by atoms with Gasteiger partial charge < -0.3 is 10.8 Å². The highest BCUT2D eigenvalue weighted by molar-refractivity contribution is 5.76. The predicted octanol–water partition coefficient (Wildman–Crippen LogP) is 3.02. The Bertz CT molecular complexity index is 480. The van der Waals surface area contributed by atoms with Crippen LogP contribution in [-0.4, -0.2) is 30.0 Å². The summed E-state index contributed by atoms with van der Waals surface area (Å²) >= 11 is 0. The van der Waals surface area contributed by atoms with Gasteiger partial charge in [0, 0.05) is 6.54 Å². The van der Waals surface area contributed by atoms with Crippen LogP contribution in [0.3, 0.4) is 0 Å². The van der Waals surface area contributed by atoms with Gasteiger partial charge in [-0.3, -0.25) is 4.79 Å². The SMILES string of the molecule is NCC(C(=O)O)c1ccc(C(C(F)(F)F)C(F)(F)F)cc1. The fourth-order valence-electron chi connectivity index (χ4n) is 1.86. The van der Waals surface area contributed by atoms with Crippen molar-refractivity contribution in [1.29, 1.82) is 0 Å². The number of hydrogen-bond acceptors (Lipinski definition) is 2. The minimum Gasteiger partial charge on any atom is -0.481 e. The zero-order valence-electron chi connectivity index (χ0n) is 10.4. The summed E-state index contributed by atoms with van der Waals surface area (Å²) in [7, 11) is 0. The van der Waals surface area contributed by atoms with Crippen LogP contribution >= 0.6 is 0 Å². The highest BCUT2D eigenvalue weighted by Crippen LogP contribution is 2.46. The molecule has 9 heteroatoms. The minimum absolute atomic E-state index is 0.0387. The van der Waals surface area contributed by atoms with E-state index in [1.54, 1.807) is 0 Å². The van der Waals surface area contributed by atoms with Gasteiger partial charge in [0.2, 0.25) is 0 Å². The number of carboxylic acids is 1. The molecule has 118 valence electrons. The Morgan fingerprint density at radius 1 is 1.00 bits per heavy atom. The fourth-order valence-corrected chi connectivity index (χ4v) is 1.86. The predicted molar refractivity (Wildman–Crippen MR) is 60.7 cm³/mol. The number of rotatable bonds is 4. The van der Waals surface area contributed by atoms with E-state index >= 15 is 0 Å². The summed E-state index contributed by atoms with van der Waals surface area (Å²) in [6.45, 7) is -0.323.